The Morgan fingerprint density at radius 3 is 2.85 bits per heavy atom. The minimum Gasteiger partial charge on any atom is -0.492 e. The molecule has 0 saturated heterocycles. The maximum Gasteiger partial charge on any atom is 0.224 e. The molecule has 1 amide bonds. The molecule has 1 heterocycles. The molecule has 2 aliphatic rings. The van der Waals surface area contributed by atoms with E-state index in [-0.39, 0.29) is 17.9 Å². The second-order valence-corrected chi connectivity index (χ2v) is 7.77. The number of rotatable bonds is 7. The molecule has 3 atom stereocenters. The molecule has 0 radical (unpaired) electrons. The fourth-order valence-electron chi connectivity index (χ4n) is 3.38. The highest BCUT2D eigenvalue weighted by Gasteiger charge is 2.44. The van der Waals surface area contributed by atoms with Crippen molar-refractivity contribution < 1.29 is 9.53 Å². The Labute approximate surface area is 155 Å². The fourth-order valence-corrected chi connectivity index (χ4v) is 3.38. The quantitative estimate of drug-likeness (QED) is 0.816. The lowest BCUT2D eigenvalue weighted by Gasteiger charge is -2.14. The molecule has 136 valence electrons. The summed E-state index contributed by atoms with van der Waals surface area (Å²) in [6.45, 7) is 4.86. The van der Waals surface area contributed by atoms with Gasteiger partial charge in [0, 0.05) is 5.92 Å². The van der Waals surface area contributed by atoms with E-state index in [9.17, 15) is 4.79 Å². The van der Waals surface area contributed by atoms with Gasteiger partial charge in [-0.2, -0.15) is 0 Å². The summed E-state index contributed by atoms with van der Waals surface area (Å²) in [5.41, 5.74) is 3.38. The van der Waals surface area contributed by atoms with Gasteiger partial charge in [0.25, 0.3) is 0 Å². The van der Waals surface area contributed by atoms with Crippen LogP contribution in [0.2, 0.25) is 0 Å². The zero-order chi connectivity index (χ0) is 18.1. The van der Waals surface area contributed by atoms with Gasteiger partial charge >= 0.3 is 0 Å². The number of nitrogens with one attached hydrogen (secondary N) is 1. The molecular formula is C22H26N2O2. The fraction of sp³-hybridized carbons (Fsp3) is 0.455. The lowest BCUT2D eigenvalue weighted by Crippen LogP contribution is -2.28. The molecule has 0 spiro atoms. The van der Waals surface area contributed by atoms with Gasteiger partial charge in [-0.05, 0) is 62.6 Å². The second kappa shape index (κ2) is 7.10. The van der Waals surface area contributed by atoms with Gasteiger partial charge in [-0.1, -0.05) is 29.8 Å². The average molecular weight is 350 g/mol. The molecule has 2 fully saturated rings. The number of carbonyl (C=O) groups is 1. The number of hydrogen-bond donors (Lipinski definition) is 1. The molecule has 4 heteroatoms. The van der Waals surface area contributed by atoms with Crippen LogP contribution in [-0.2, 0) is 4.79 Å². The van der Waals surface area contributed by atoms with Crippen molar-refractivity contribution in [3.05, 3.63) is 59.4 Å². The third kappa shape index (κ3) is 4.06. The van der Waals surface area contributed by atoms with Crippen LogP contribution in [0.25, 0.3) is 0 Å². The van der Waals surface area contributed by atoms with Crippen molar-refractivity contribution in [3.63, 3.8) is 0 Å². The van der Waals surface area contributed by atoms with Crippen LogP contribution in [0.15, 0.2) is 42.6 Å². The minimum absolute atomic E-state index is 0.0837. The van der Waals surface area contributed by atoms with E-state index in [1.807, 2.05) is 19.1 Å². The first-order valence-corrected chi connectivity index (χ1v) is 9.56. The number of aryl methyl sites for hydroxylation is 1. The lowest BCUT2D eigenvalue weighted by atomic mass is 10.1. The molecule has 26 heavy (non-hydrogen) atoms. The maximum absolute atomic E-state index is 12.5. The van der Waals surface area contributed by atoms with Crippen LogP contribution in [0.5, 0.6) is 5.75 Å². The number of nitrogens with zero attached hydrogens (tertiary/aromatic N) is 1. The van der Waals surface area contributed by atoms with E-state index in [1.165, 1.54) is 24.0 Å². The van der Waals surface area contributed by atoms with Crippen LogP contribution in [0.3, 0.4) is 0 Å². The maximum atomic E-state index is 12.5. The van der Waals surface area contributed by atoms with Gasteiger partial charge in [0.15, 0.2) is 0 Å². The Balaban J connectivity index is 1.30. The molecule has 4 nitrogen and oxygen atoms in total. The van der Waals surface area contributed by atoms with Crippen molar-refractivity contribution in [2.45, 2.75) is 45.1 Å². The zero-order valence-electron chi connectivity index (χ0n) is 15.4. The number of aromatic nitrogens is 1. The topological polar surface area (TPSA) is 51.2 Å². The van der Waals surface area contributed by atoms with Crippen molar-refractivity contribution in [2.24, 2.45) is 11.8 Å². The first-order valence-electron chi connectivity index (χ1n) is 9.56. The molecule has 1 aromatic carbocycles. The van der Waals surface area contributed by atoms with Crippen molar-refractivity contribution in [1.82, 2.24) is 10.3 Å². The monoisotopic (exact) mass is 350 g/mol. The minimum atomic E-state index is -0.0984. The molecule has 1 unspecified atom stereocenters. The molecule has 4 rings (SSSR count). The highest BCUT2D eigenvalue weighted by molar-refractivity contribution is 5.83. The summed E-state index contributed by atoms with van der Waals surface area (Å²) in [6, 6.07) is 12.3. The second-order valence-electron chi connectivity index (χ2n) is 7.77. The highest BCUT2D eigenvalue weighted by atomic mass is 16.5. The SMILES string of the molecule is Cc1cccc([C@H]2C[C@@H]2C(=O)NC(C)c2ccc(OCC3CC3)cn2)c1. The predicted octanol–water partition coefficient (Wildman–Crippen LogP) is 4.16. The van der Waals surface area contributed by atoms with Crippen LogP contribution < -0.4 is 10.1 Å². The van der Waals surface area contributed by atoms with Gasteiger partial charge in [0.05, 0.1) is 24.5 Å². The third-order valence-corrected chi connectivity index (χ3v) is 5.34. The molecule has 1 aromatic heterocycles. The Morgan fingerprint density at radius 2 is 2.15 bits per heavy atom. The van der Waals surface area contributed by atoms with Gasteiger partial charge < -0.3 is 10.1 Å². The first kappa shape index (κ1) is 17.1. The summed E-state index contributed by atoms with van der Waals surface area (Å²) in [6.07, 6.45) is 5.25. The van der Waals surface area contributed by atoms with Crippen LogP contribution in [0.4, 0.5) is 0 Å². The summed E-state index contributed by atoms with van der Waals surface area (Å²) >= 11 is 0. The van der Waals surface area contributed by atoms with Gasteiger partial charge in [0.2, 0.25) is 5.91 Å². The summed E-state index contributed by atoms with van der Waals surface area (Å²) < 4.78 is 5.72. The van der Waals surface area contributed by atoms with E-state index in [1.54, 1.807) is 6.20 Å². The van der Waals surface area contributed by atoms with E-state index < -0.39 is 0 Å². The van der Waals surface area contributed by atoms with Crippen LogP contribution in [0, 0.1) is 18.8 Å². The van der Waals surface area contributed by atoms with E-state index in [0.29, 0.717) is 5.92 Å². The van der Waals surface area contributed by atoms with Crippen LogP contribution in [0.1, 0.15) is 55.0 Å². The largest absolute Gasteiger partial charge is 0.492 e. The van der Waals surface area contributed by atoms with Crippen molar-refractivity contribution >= 4 is 5.91 Å². The smallest absolute Gasteiger partial charge is 0.224 e. The summed E-state index contributed by atoms with van der Waals surface area (Å²) in [7, 11) is 0. The highest BCUT2D eigenvalue weighted by Crippen LogP contribution is 2.47. The Kier molecular flexibility index (Phi) is 4.66. The summed E-state index contributed by atoms with van der Waals surface area (Å²) in [4.78, 5) is 17.0. The van der Waals surface area contributed by atoms with Gasteiger partial charge in [-0.15, -0.1) is 0 Å². The molecule has 1 N–H and O–H groups in total. The molecule has 2 aromatic rings. The van der Waals surface area contributed by atoms with E-state index >= 15 is 0 Å². The van der Waals surface area contributed by atoms with E-state index in [2.05, 4.69) is 41.5 Å². The van der Waals surface area contributed by atoms with Crippen molar-refractivity contribution in [2.75, 3.05) is 6.61 Å². The average Bonchev–Trinajstić information content (AvgIpc) is 3.54. The number of pyridine rings is 1. The Bertz CT molecular complexity index is 783. The lowest BCUT2D eigenvalue weighted by molar-refractivity contribution is -0.123. The van der Waals surface area contributed by atoms with Gasteiger partial charge in [0.1, 0.15) is 5.75 Å². The Hall–Kier alpha value is -2.36. The molecule has 0 aliphatic heterocycles. The summed E-state index contributed by atoms with van der Waals surface area (Å²) in [5.74, 6) is 2.10. The van der Waals surface area contributed by atoms with Gasteiger partial charge in [-0.25, -0.2) is 0 Å². The number of benzene rings is 1. The molecular weight excluding hydrogens is 324 g/mol. The van der Waals surface area contributed by atoms with Crippen LogP contribution in [-0.4, -0.2) is 17.5 Å². The summed E-state index contributed by atoms with van der Waals surface area (Å²) in [5, 5.41) is 3.11. The molecule has 2 saturated carbocycles. The number of amides is 1. The number of hydrogen-bond acceptors (Lipinski definition) is 3. The van der Waals surface area contributed by atoms with E-state index in [4.69, 9.17) is 4.74 Å². The number of ether oxygens (including phenoxy) is 1. The normalized spacial score (nSPS) is 22.5. The third-order valence-electron chi connectivity index (χ3n) is 5.34. The zero-order valence-corrected chi connectivity index (χ0v) is 15.4. The Morgan fingerprint density at radius 1 is 1.31 bits per heavy atom. The van der Waals surface area contributed by atoms with Crippen molar-refractivity contribution in [3.8, 4) is 5.75 Å². The van der Waals surface area contributed by atoms with E-state index in [0.717, 1.165) is 30.4 Å². The predicted molar refractivity (Wildman–Crippen MR) is 101 cm³/mol. The van der Waals surface area contributed by atoms with Crippen molar-refractivity contribution in [1.29, 1.82) is 0 Å². The number of carbonyl (C=O) groups excluding carboxylic acids is 1. The molecule has 2 aliphatic carbocycles. The van der Waals surface area contributed by atoms with Gasteiger partial charge in [-0.3, -0.25) is 9.78 Å². The van der Waals surface area contributed by atoms with Crippen LogP contribution >= 0.6 is 0 Å². The first-order chi connectivity index (χ1) is 12.6. The molecule has 0 bridgehead atoms. The standard InChI is InChI=1S/C22H26N2O2/c1-14-4-3-5-17(10-14)19-11-20(19)22(25)24-15(2)21-9-8-18(12-23-21)26-13-16-6-7-16/h3-5,8-10,12,15-16,19-20H,6-7,11,13H2,1-2H3,(H,24,25)/t15?,19-,20+/m1/s1.